The summed E-state index contributed by atoms with van der Waals surface area (Å²) in [7, 11) is 0. The molecule has 0 radical (unpaired) electrons. The van der Waals surface area contributed by atoms with Gasteiger partial charge in [-0.3, -0.25) is 15.0 Å². The van der Waals surface area contributed by atoms with E-state index in [0.717, 1.165) is 12.8 Å². The molecule has 5 N–H and O–H groups in total. The molecule has 1 aliphatic heterocycles. The molecule has 4 aromatic rings. The average Bonchev–Trinajstić information content (AvgIpc) is 3.05. The summed E-state index contributed by atoms with van der Waals surface area (Å²) < 4.78 is 5.18. The van der Waals surface area contributed by atoms with Gasteiger partial charge in [-0.25, -0.2) is 25.0 Å². The van der Waals surface area contributed by atoms with Gasteiger partial charge in [-0.1, -0.05) is 35.6 Å². The highest BCUT2D eigenvalue weighted by Crippen LogP contribution is 2.27. The van der Waals surface area contributed by atoms with Crippen LogP contribution in [-0.4, -0.2) is 62.0 Å². The lowest BCUT2D eigenvalue weighted by atomic mass is 10.0. The average molecular weight is 669 g/mol. The van der Waals surface area contributed by atoms with Crippen LogP contribution in [0.1, 0.15) is 71.9 Å². The largest absolute Gasteiger partial charge is 0.480 e. The highest BCUT2D eigenvalue weighted by Gasteiger charge is 2.32. The van der Waals surface area contributed by atoms with E-state index < -0.39 is 29.6 Å². The molecule has 246 valence electrons. The molecular weight excluding hydrogens is 636 g/mol. The highest BCUT2D eigenvalue weighted by atomic mass is 35.5. The number of nitrogens with two attached hydrogens (primary N) is 1. The number of carboxylic acids is 1. The van der Waals surface area contributed by atoms with E-state index in [-0.39, 0.29) is 22.3 Å². The fourth-order valence-electron chi connectivity index (χ4n) is 5.16. The molecular formula is C35H33ClN6O6. The van der Waals surface area contributed by atoms with Crippen LogP contribution >= 0.6 is 11.6 Å². The Hall–Kier alpha value is -5.67. The number of hydrazine groups is 1. The Morgan fingerprint density at radius 3 is 2.46 bits per heavy atom. The number of fused-ring (bicyclic) bond motifs is 1. The van der Waals surface area contributed by atoms with Gasteiger partial charge >= 0.3 is 12.1 Å². The number of carbonyl (C=O) groups is 4. The van der Waals surface area contributed by atoms with Crippen LogP contribution < -0.4 is 16.6 Å². The number of aliphatic carboxylic acids is 1. The lowest BCUT2D eigenvalue weighted by molar-refractivity contribution is -0.143. The van der Waals surface area contributed by atoms with Crippen molar-refractivity contribution in [1.29, 1.82) is 0 Å². The van der Waals surface area contributed by atoms with Crippen LogP contribution in [0.25, 0.3) is 22.2 Å². The maximum atomic E-state index is 13.1. The van der Waals surface area contributed by atoms with Crippen molar-refractivity contribution in [2.45, 2.75) is 51.7 Å². The van der Waals surface area contributed by atoms with E-state index in [1.54, 1.807) is 69.3 Å². The zero-order chi connectivity index (χ0) is 34.6. The van der Waals surface area contributed by atoms with E-state index in [4.69, 9.17) is 22.1 Å². The number of carbonyl (C=O) groups excluding carboxylic acids is 3. The number of likely N-dealkylation sites (tertiary alicyclic amines) is 1. The van der Waals surface area contributed by atoms with E-state index in [2.05, 4.69) is 32.7 Å². The molecule has 0 aliphatic carbocycles. The van der Waals surface area contributed by atoms with Crippen molar-refractivity contribution >= 4 is 52.2 Å². The minimum Gasteiger partial charge on any atom is -0.480 e. The van der Waals surface area contributed by atoms with Gasteiger partial charge in [-0.05, 0) is 76.4 Å². The number of ether oxygens (including phenoxy) is 1. The number of hydrogen-bond acceptors (Lipinski definition) is 8. The van der Waals surface area contributed by atoms with Crippen LogP contribution in [0.3, 0.4) is 0 Å². The van der Waals surface area contributed by atoms with Gasteiger partial charge in [0, 0.05) is 46.4 Å². The minimum absolute atomic E-state index is 0.206. The maximum absolute atomic E-state index is 13.1. The number of carboxylic acid groups (broad SMARTS) is 1. The first-order chi connectivity index (χ1) is 22.8. The molecule has 0 bridgehead atoms. The summed E-state index contributed by atoms with van der Waals surface area (Å²) >= 11 is 6.48. The smallest absolute Gasteiger partial charge is 0.426 e. The molecule has 0 saturated carbocycles. The summed E-state index contributed by atoms with van der Waals surface area (Å²) in [6.07, 6.45) is 2.56. The third kappa shape index (κ3) is 8.00. The second-order valence-electron chi connectivity index (χ2n) is 12.1. The van der Waals surface area contributed by atoms with Crippen LogP contribution in [0.4, 0.5) is 10.6 Å². The predicted molar refractivity (Wildman–Crippen MR) is 180 cm³/mol. The van der Waals surface area contributed by atoms with Crippen LogP contribution in [-0.2, 0) is 9.53 Å². The van der Waals surface area contributed by atoms with E-state index >= 15 is 0 Å². The van der Waals surface area contributed by atoms with E-state index in [9.17, 15) is 24.3 Å². The van der Waals surface area contributed by atoms with Gasteiger partial charge in [-0.2, -0.15) is 0 Å². The van der Waals surface area contributed by atoms with Crippen LogP contribution in [0.5, 0.6) is 0 Å². The fourth-order valence-corrected chi connectivity index (χ4v) is 5.39. The first kappa shape index (κ1) is 33.7. The summed E-state index contributed by atoms with van der Waals surface area (Å²) in [6, 6.07) is 14.2. The Morgan fingerprint density at radius 1 is 1.02 bits per heavy atom. The summed E-state index contributed by atoms with van der Waals surface area (Å²) in [5.41, 5.74) is 13.0. The first-order valence-electron chi connectivity index (χ1n) is 15.1. The molecule has 48 heavy (non-hydrogen) atoms. The van der Waals surface area contributed by atoms with E-state index in [0.29, 0.717) is 51.8 Å². The molecule has 1 fully saturated rings. The van der Waals surface area contributed by atoms with E-state index in [1.807, 2.05) is 0 Å². The van der Waals surface area contributed by atoms with Gasteiger partial charge in [-0.15, -0.1) is 0 Å². The molecule has 1 saturated heterocycles. The number of rotatable bonds is 4. The SMILES string of the molecule is CC(C)(C)OC(=O)NNC(=O)c1cc(-c2ccc(C#Cc3ccc(C(=O)N4CCCC[C@H]4C(=O)O)cc3Cl)cc2)nc2cc(N)ncc12. The molecule has 0 spiro atoms. The van der Waals surface area contributed by atoms with Gasteiger partial charge < -0.3 is 20.5 Å². The normalized spacial score (nSPS) is 14.4. The third-order valence-corrected chi connectivity index (χ3v) is 7.74. The molecule has 12 nitrogen and oxygen atoms in total. The lowest BCUT2D eigenvalue weighted by Gasteiger charge is -2.33. The number of nitrogens with zero attached hydrogens (tertiary/aromatic N) is 3. The minimum atomic E-state index is -1.01. The Balaban J connectivity index is 1.34. The molecule has 0 unspecified atom stereocenters. The van der Waals surface area contributed by atoms with Crippen molar-refractivity contribution in [1.82, 2.24) is 25.7 Å². The highest BCUT2D eigenvalue weighted by molar-refractivity contribution is 6.32. The standard InChI is InChI=1S/C35H33ClN6O6/c1-35(2,3)48-34(47)41-40-31(43)24-17-27(39-28-18-30(37)38-19-25(24)28)22-11-8-20(9-12-22)7-10-21-13-14-23(16-26(21)36)32(44)42-15-5-4-6-29(42)33(45)46/h8-9,11-14,16-19,29H,4-6,15H2,1-3H3,(H2,37,38)(H,40,43)(H,41,47)(H,45,46)/t29-/m0/s1. The van der Waals surface area contributed by atoms with Gasteiger partial charge in [0.25, 0.3) is 11.8 Å². The molecule has 3 amide bonds. The van der Waals surface area contributed by atoms with Gasteiger partial charge in [0.05, 0.1) is 21.8 Å². The van der Waals surface area contributed by atoms with Crippen LogP contribution in [0.15, 0.2) is 60.8 Å². The number of pyridine rings is 2. The zero-order valence-corrected chi connectivity index (χ0v) is 27.2. The monoisotopic (exact) mass is 668 g/mol. The summed E-state index contributed by atoms with van der Waals surface area (Å²) in [4.78, 5) is 60.1. The number of piperidine rings is 1. The third-order valence-electron chi connectivity index (χ3n) is 7.42. The van der Waals surface area contributed by atoms with Gasteiger partial charge in [0.15, 0.2) is 0 Å². The zero-order valence-electron chi connectivity index (χ0n) is 26.5. The predicted octanol–water partition coefficient (Wildman–Crippen LogP) is 5.18. The Morgan fingerprint density at radius 2 is 1.77 bits per heavy atom. The number of benzene rings is 2. The number of hydrogen-bond donors (Lipinski definition) is 4. The number of nitrogen functional groups attached to an aromatic ring is 1. The quantitative estimate of drug-likeness (QED) is 0.169. The second kappa shape index (κ2) is 14.0. The topological polar surface area (TPSA) is 177 Å². The molecule has 5 rings (SSSR count). The maximum Gasteiger partial charge on any atom is 0.426 e. The van der Waals surface area contributed by atoms with E-state index in [1.165, 1.54) is 17.2 Å². The van der Waals surface area contributed by atoms with Crippen molar-refractivity contribution in [3.8, 4) is 23.1 Å². The van der Waals surface area contributed by atoms with Crippen LogP contribution in [0, 0.1) is 11.8 Å². The fraction of sp³-hybridized carbons (Fsp3) is 0.257. The second-order valence-corrected chi connectivity index (χ2v) is 12.5. The Labute approximate surface area is 281 Å². The molecule has 3 heterocycles. The number of amides is 3. The molecule has 13 heteroatoms. The van der Waals surface area contributed by atoms with Crippen molar-refractivity contribution < 1.29 is 29.0 Å². The van der Waals surface area contributed by atoms with Crippen molar-refractivity contribution in [3.63, 3.8) is 0 Å². The summed E-state index contributed by atoms with van der Waals surface area (Å²) in [5.74, 6) is 4.30. The molecule has 2 aromatic carbocycles. The number of nitrogens with one attached hydrogen (secondary N) is 2. The van der Waals surface area contributed by atoms with Crippen molar-refractivity contribution in [3.05, 3.63) is 88.1 Å². The van der Waals surface area contributed by atoms with Gasteiger partial charge in [0.2, 0.25) is 0 Å². The lowest BCUT2D eigenvalue weighted by Crippen LogP contribution is -2.47. The van der Waals surface area contributed by atoms with Crippen molar-refractivity contribution in [2.75, 3.05) is 12.3 Å². The van der Waals surface area contributed by atoms with Crippen LogP contribution in [0.2, 0.25) is 5.02 Å². The number of anilines is 1. The summed E-state index contributed by atoms with van der Waals surface area (Å²) in [6.45, 7) is 5.50. The Kier molecular flexibility index (Phi) is 9.82. The molecule has 1 aliphatic rings. The Bertz CT molecular complexity index is 1980. The van der Waals surface area contributed by atoms with Gasteiger partial charge in [0.1, 0.15) is 17.5 Å². The number of aromatic nitrogens is 2. The molecule has 1 atom stereocenters. The van der Waals surface area contributed by atoms with Crippen molar-refractivity contribution in [2.24, 2.45) is 0 Å². The molecule has 2 aromatic heterocycles. The number of halogens is 1. The first-order valence-corrected chi connectivity index (χ1v) is 15.5. The summed E-state index contributed by atoms with van der Waals surface area (Å²) in [5, 5.41) is 10.2.